The lowest BCUT2D eigenvalue weighted by Gasteiger charge is -2.19. The summed E-state index contributed by atoms with van der Waals surface area (Å²) in [5, 5.41) is 2.98. The maximum Gasteiger partial charge on any atom is 0.253 e. The fraction of sp³-hybridized carbons (Fsp3) is 0.263. The fourth-order valence-electron chi connectivity index (χ4n) is 2.40. The molecule has 2 aromatic carbocycles. The topological polar surface area (TPSA) is 49.4 Å². The van der Waals surface area contributed by atoms with Gasteiger partial charge in [-0.15, -0.1) is 0 Å². The molecule has 0 radical (unpaired) electrons. The second-order valence-corrected chi connectivity index (χ2v) is 6.25. The highest BCUT2D eigenvalue weighted by Crippen LogP contribution is 2.15. The van der Waals surface area contributed by atoms with Crippen LogP contribution in [0.5, 0.6) is 0 Å². The molecule has 0 aliphatic carbocycles. The van der Waals surface area contributed by atoms with E-state index in [-0.39, 0.29) is 18.4 Å². The Morgan fingerprint density at radius 1 is 1.12 bits per heavy atom. The zero-order valence-corrected chi connectivity index (χ0v) is 14.9. The van der Waals surface area contributed by atoms with Gasteiger partial charge in [-0.1, -0.05) is 47.5 Å². The first-order valence-electron chi connectivity index (χ1n) is 7.71. The van der Waals surface area contributed by atoms with Crippen molar-refractivity contribution in [1.82, 2.24) is 10.2 Å². The van der Waals surface area contributed by atoms with Gasteiger partial charge < -0.3 is 10.2 Å². The van der Waals surface area contributed by atoms with E-state index < -0.39 is 0 Å². The zero-order chi connectivity index (χ0) is 17.7. The highest BCUT2D eigenvalue weighted by Gasteiger charge is 2.14. The van der Waals surface area contributed by atoms with Gasteiger partial charge in [0.05, 0.1) is 17.1 Å². The molecule has 0 unspecified atom stereocenters. The highest BCUT2D eigenvalue weighted by atomic mass is 35.5. The van der Waals surface area contributed by atoms with Crippen molar-refractivity contribution in [3.05, 3.63) is 69.7 Å². The van der Waals surface area contributed by atoms with Crippen LogP contribution in [0.3, 0.4) is 0 Å². The average molecular weight is 345 g/mol. The minimum Gasteiger partial charge on any atom is -0.343 e. The smallest absolute Gasteiger partial charge is 0.253 e. The van der Waals surface area contributed by atoms with E-state index in [1.165, 1.54) is 5.56 Å². The number of nitrogens with zero attached hydrogens (tertiary/aromatic N) is 1. The molecule has 0 aliphatic heterocycles. The molecule has 5 heteroatoms. The van der Waals surface area contributed by atoms with Crippen molar-refractivity contribution in [2.75, 3.05) is 13.6 Å². The Balaban J connectivity index is 1.92. The summed E-state index contributed by atoms with van der Waals surface area (Å²) in [6, 6.07) is 12.9. The van der Waals surface area contributed by atoms with Gasteiger partial charge in [-0.05, 0) is 37.1 Å². The molecular formula is C19H21ClN2O2. The van der Waals surface area contributed by atoms with Crippen LogP contribution in [0.25, 0.3) is 0 Å². The molecule has 126 valence electrons. The van der Waals surface area contributed by atoms with Gasteiger partial charge in [0.15, 0.2) is 0 Å². The molecule has 0 aromatic heterocycles. The first-order valence-corrected chi connectivity index (χ1v) is 8.09. The SMILES string of the molecule is Cc1ccc(CN(C)C(=O)CNC(=O)c2ccccc2Cl)c(C)c1. The molecule has 0 fully saturated rings. The summed E-state index contributed by atoms with van der Waals surface area (Å²) in [6.07, 6.45) is 0. The van der Waals surface area contributed by atoms with Gasteiger partial charge in [0, 0.05) is 13.6 Å². The monoisotopic (exact) mass is 344 g/mol. The van der Waals surface area contributed by atoms with E-state index in [0.29, 0.717) is 17.1 Å². The van der Waals surface area contributed by atoms with Gasteiger partial charge in [0.2, 0.25) is 5.91 Å². The van der Waals surface area contributed by atoms with Gasteiger partial charge in [0.1, 0.15) is 0 Å². The quantitative estimate of drug-likeness (QED) is 0.904. The molecule has 0 atom stereocenters. The van der Waals surface area contributed by atoms with Crippen LogP contribution in [0.1, 0.15) is 27.0 Å². The Hall–Kier alpha value is -2.33. The first kappa shape index (κ1) is 18.0. The van der Waals surface area contributed by atoms with E-state index >= 15 is 0 Å². The molecule has 0 saturated carbocycles. The molecule has 4 nitrogen and oxygen atoms in total. The van der Waals surface area contributed by atoms with E-state index in [2.05, 4.69) is 11.4 Å². The third-order valence-electron chi connectivity index (χ3n) is 3.85. The fourth-order valence-corrected chi connectivity index (χ4v) is 2.62. The van der Waals surface area contributed by atoms with Crippen molar-refractivity contribution in [2.45, 2.75) is 20.4 Å². The van der Waals surface area contributed by atoms with Crippen molar-refractivity contribution in [3.8, 4) is 0 Å². The van der Waals surface area contributed by atoms with Crippen LogP contribution < -0.4 is 5.32 Å². The number of amides is 2. The Morgan fingerprint density at radius 2 is 1.83 bits per heavy atom. The van der Waals surface area contributed by atoms with Crippen LogP contribution in [0.2, 0.25) is 5.02 Å². The third kappa shape index (κ3) is 4.59. The Morgan fingerprint density at radius 3 is 2.50 bits per heavy atom. The zero-order valence-electron chi connectivity index (χ0n) is 14.1. The Kier molecular flexibility index (Phi) is 5.99. The minimum atomic E-state index is -0.353. The standard InChI is InChI=1S/C19H21ClN2O2/c1-13-8-9-15(14(2)10-13)12-22(3)18(23)11-21-19(24)16-6-4-5-7-17(16)20/h4-10H,11-12H2,1-3H3,(H,21,24). The Labute approximate surface area is 147 Å². The molecule has 0 spiro atoms. The lowest BCUT2D eigenvalue weighted by Crippen LogP contribution is -2.38. The summed E-state index contributed by atoms with van der Waals surface area (Å²) >= 11 is 5.98. The number of hydrogen-bond donors (Lipinski definition) is 1. The van der Waals surface area contributed by atoms with Gasteiger partial charge in [0.25, 0.3) is 5.91 Å². The average Bonchev–Trinajstić information content (AvgIpc) is 2.55. The van der Waals surface area contributed by atoms with Crippen LogP contribution in [0.4, 0.5) is 0 Å². The second-order valence-electron chi connectivity index (χ2n) is 5.84. The number of likely N-dealkylation sites (N-methyl/N-ethyl adjacent to an activating group) is 1. The summed E-state index contributed by atoms with van der Waals surface area (Å²) in [4.78, 5) is 25.9. The van der Waals surface area contributed by atoms with Crippen molar-refractivity contribution in [3.63, 3.8) is 0 Å². The maximum atomic E-state index is 12.2. The minimum absolute atomic E-state index is 0.0640. The summed E-state index contributed by atoms with van der Waals surface area (Å²) < 4.78 is 0. The lowest BCUT2D eigenvalue weighted by molar-refractivity contribution is -0.129. The molecule has 2 amide bonds. The van der Waals surface area contributed by atoms with Gasteiger partial charge in [-0.2, -0.15) is 0 Å². The summed E-state index contributed by atoms with van der Waals surface area (Å²) in [6.45, 7) is 4.51. The van der Waals surface area contributed by atoms with Crippen molar-refractivity contribution >= 4 is 23.4 Å². The molecule has 2 aromatic rings. The molecule has 1 N–H and O–H groups in total. The van der Waals surface area contributed by atoms with Gasteiger partial charge in [-0.25, -0.2) is 0 Å². The summed E-state index contributed by atoms with van der Waals surface area (Å²) in [5.74, 6) is -0.510. The van der Waals surface area contributed by atoms with E-state index in [1.807, 2.05) is 26.0 Å². The number of aryl methyl sites for hydroxylation is 2. The maximum absolute atomic E-state index is 12.2. The summed E-state index contributed by atoms with van der Waals surface area (Å²) in [7, 11) is 1.73. The number of carbonyl (C=O) groups excluding carboxylic acids is 2. The highest BCUT2D eigenvalue weighted by molar-refractivity contribution is 6.33. The van der Waals surface area contributed by atoms with Crippen molar-refractivity contribution in [2.24, 2.45) is 0 Å². The number of nitrogens with one attached hydrogen (secondary N) is 1. The van der Waals surface area contributed by atoms with Crippen LogP contribution in [0, 0.1) is 13.8 Å². The normalized spacial score (nSPS) is 10.3. The molecular weight excluding hydrogens is 324 g/mol. The van der Waals surface area contributed by atoms with Gasteiger partial charge in [-0.3, -0.25) is 9.59 Å². The van der Waals surface area contributed by atoms with Gasteiger partial charge >= 0.3 is 0 Å². The number of carbonyl (C=O) groups is 2. The molecule has 0 bridgehead atoms. The van der Waals surface area contributed by atoms with Crippen LogP contribution in [-0.2, 0) is 11.3 Å². The predicted molar refractivity (Wildman–Crippen MR) is 96.2 cm³/mol. The Bertz CT molecular complexity index is 759. The van der Waals surface area contributed by atoms with Crippen LogP contribution in [-0.4, -0.2) is 30.3 Å². The lowest BCUT2D eigenvalue weighted by atomic mass is 10.1. The predicted octanol–water partition coefficient (Wildman–Crippen LogP) is 3.35. The van der Waals surface area contributed by atoms with Crippen LogP contribution in [0.15, 0.2) is 42.5 Å². The number of rotatable bonds is 5. The molecule has 0 saturated heterocycles. The molecule has 0 aliphatic rings. The molecule has 2 rings (SSSR count). The number of hydrogen-bond acceptors (Lipinski definition) is 2. The number of halogens is 1. The van der Waals surface area contributed by atoms with Crippen molar-refractivity contribution < 1.29 is 9.59 Å². The number of benzene rings is 2. The molecule has 24 heavy (non-hydrogen) atoms. The van der Waals surface area contributed by atoms with E-state index in [4.69, 9.17) is 11.6 Å². The van der Waals surface area contributed by atoms with E-state index in [0.717, 1.165) is 11.1 Å². The first-order chi connectivity index (χ1) is 11.4. The van der Waals surface area contributed by atoms with E-state index in [9.17, 15) is 9.59 Å². The third-order valence-corrected chi connectivity index (χ3v) is 4.18. The molecule has 0 heterocycles. The second kappa shape index (κ2) is 7.97. The summed E-state index contributed by atoms with van der Waals surface area (Å²) in [5.41, 5.74) is 3.80. The van der Waals surface area contributed by atoms with E-state index in [1.54, 1.807) is 36.2 Å². The van der Waals surface area contributed by atoms with Crippen molar-refractivity contribution in [1.29, 1.82) is 0 Å². The largest absolute Gasteiger partial charge is 0.343 e. The van der Waals surface area contributed by atoms with Crippen LogP contribution >= 0.6 is 11.6 Å².